The third kappa shape index (κ3) is 6.43. The number of aryl methyl sites for hydroxylation is 1. The van der Waals surface area contributed by atoms with Crippen molar-refractivity contribution in [1.82, 2.24) is 4.57 Å². The number of benzene rings is 2. The average molecular weight is 514 g/mol. The number of halogens is 6. The van der Waals surface area contributed by atoms with Gasteiger partial charge in [-0.15, -0.1) is 0 Å². The van der Waals surface area contributed by atoms with Crippen molar-refractivity contribution in [2.45, 2.75) is 38.7 Å². The lowest BCUT2D eigenvalue weighted by atomic mass is 9.99. The van der Waals surface area contributed by atoms with E-state index in [0.717, 1.165) is 0 Å². The van der Waals surface area contributed by atoms with Gasteiger partial charge >= 0.3 is 18.3 Å². The molecule has 1 amide bonds. The normalized spacial score (nSPS) is 12.0. The van der Waals surface area contributed by atoms with E-state index in [0.29, 0.717) is 23.6 Å². The molecule has 0 bridgehead atoms. The first-order chi connectivity index (χ1) is 16.8. The Labute approximate surface area is 200 Å². The Morgan fingerprint density at radius 3 is 2.33 bits per heavy atom. The summed E-state index contributed by atoms with van der Waals surface area (Å²) in [6, 6.07) is 7.11. The predicted molar refractivity (Wildman–Crippen MR) is 118 cm³/mol. The van der Waals surface area contributed by atoms with Gasteiger partial charge < -0.3 is 14.6 Å². The molecular formula is C24H20F6N2O4. The van der Waals surface area contributed by atoms with E-state index in [4.69, 9.17) is 4.74 Å². The van der Waals surface area contributed by atoms with Crippen LogP contribution in [0.15, 0.2) is 53.5 Å². The summed E-state index contributed by atoms with van der Waals surface area (Å²) in [4.78, 5) is 36.1. The fourth-order valence-corrected chi connectivity index (χ4v) is 3.61. The lowest BCUT2D eigenvalue weighted by Crippen LogP contribution is -2.23. The van der Waals surface area contributed by atoms with Crippen LogP contribution in [0, 0.1) is 0 Å². The molecule has 3 rings (SSSR count). The van der Waals surface area contributed by atoms with Gasteiger partial charge in [0.2, 0.25) is 5.91 Å². The number of aromatic nitrogens is 1. The summed E-state index contributed by atoms with van der Waals surface area (Å²) in [6.07, 6.45) is -9.41. The van der Waals surface area contributed by atoms with Crippen molar-refractivity contribution in [1.29, 1.82) is 0 Å². The Bertz CT molecular complexity index is 1350. The first-order valence-electron chi connectivity index (χ1n) is 10.6. The van der Waals surface area contributed by atoms with Crippen LogP contribution in [0.5, 0.6) is 0 Å². The summed E-state index contributed by atoms with van der Waals surface area (Å²) in [5.74, 6) is -1.24. The van der Waals surface area contributed by atoms with Gasteiger partial charge in [0.1, 0.15) is 6.61 Å². The highest BCUT2D eigenvalue weighted by Crippen LogP contribution is 2.37. The summed E-state index contributed by atoms with van der Waals surface area (Å²) < 4.78 is 84.9. The molecule has 36 heavy (non-hydrogen) atoms. The number of fused-ring (bicyclic) bond motifs is 1. The molecule has 0 aliphatic heterocycles. The number of nitrogens with one attached hydrogen (secondary N) is 1. The zero-order valence-corrected chi connectivity index (χ0v) is 18.8. The molecule has 12 heteroatoms. The fraction of sp³-hybridized carbons (Fsp3) is 0.292. The molecule has 0 fully saturated rings. The first kappa shape index (κ1) is 26.8. The van der Waals surface area contributed by atoms with Crippen molar-refractivity contribution in [2.24, 2.45) is 0 Å². The molecular weight excluding hydrogens is 494 g/mol. The van der Waals surface area contributed by atoms with Gasteiger partial charge in [0.25, 0.3) is 5.56 Å². The zero-order valence-electron chi connectivity index (χ0n) is 18.8. The molecule has 0 unspecified atom stereocenters. The van der Waals surface area contributed by atoms with E-state index < -0.39 is 59.3 Å². The number of hydrogen-bond acceptors (Lipinski definition) is 4. The van der Waals surface area contributed by atoms with Gasteiger partial charge in [-0.25, -0.2) is 0 Å². The summed E-state index contributed by atoms with van der Waals surface area (Å²) in [5, 5.41) is 3.09. The minimum atomic E-state index is -4.89. The number of carbonyl (C=O) groups is 2. The second-order valence-electron chi connectivity index (χ2n) is 7.84. The number of ether oxygens (including phenoxy) is 1. The molecule has 6 nitrogen and oxygen atoms in total. The van der Waals surface area contributed by atoms with Crippen molar-refractivity contribution in [3.8, 4) is 0 Å². The van der Waals surface area contributed by atoms with E-state index in [1.54, 1.807) is 0 Å². The summed E-state index contributed by atoms with van der Waals surface area (Å²) in [5.41, 5.74) is -3.36. The number of rotatable bonds is 7. The van der Waals surface area contributed by atoms with E-state index in [1.807, 2.05) is 0 Å². The van der Waals surface area contributed by atoms with Crippen molar-refractivity contribution in [2.75, 3.05) is 11.9 Å². The van der Waals surface area contributed by atoms with Crippen LogP contribution in [-0.4, -0.2) is 23.1 Å². The quantitative estimate of drug-likeness (QED) is 0.349. The fourth-order valence-electron chi connectivity index (χ4n) is 3.61. The molecule has 0 atom stereocenters. The van der Waals surface area contributed by atoms with Gasteiger partial charge in [-0.05, 0) is 48.4 Å². The number of hydrogen-bond donors (Lipinski definition) is 1. The van der Waals surface area contributed by atoms with Crippen molar-refractivity contribution in [3.05, 3.63) is 75.7 Å². The van der Waals surface area contributed by atoms with Gasteiger partial charge in [0, 0.05) is 36.0 Å². The van der Waals surface area contributed by atoms with Crippen LogP contribution in [0.4, 0.5) is 32.0 Å². The molecule has 1 N–H and O–H groups in total. The third-order valence-corrected chi connectivity index (χ3v) is 5.29. The summed E-state index contributed by atoms with van der Waals surface area (Å²) in [6.45, 7) is 1.31. The number of carbonyl (C=O) groups excluding carboxylic acids is 2. The lowest BCUT2D eigenvalue weighted by Gasteiger charge is -2.16. The van der Waals surface area contributed by atoms with E-state index in [-0.39, 0.29) is 24.2 Å². The Morgan fingerprint density at radius 2 is 1.69 bits per heavy atom. The highest BCUT2D eigenvalue weighted by molar-refractivity contribution is 6.01. The Morgan fingerprint density at radius 1 is 0.972 bits per heavy atom. The maximum atomic E-state index is 13.3. The summed E-state index contributed by atoms with van der Waals surface area (Å²) in [7, 11) is 0. The lowest BCUT2D eigenvalue weighted by molar-refractivity contribution is -0.141. The van der Waals surface area contributed by atoms with Crippen LogP contribution in [-0.2, 0) is 39.6 Å². The molecule has 0 spiro atoms. The summed E-state index contributed by atoms with van der Waals surface area (Å²) >= 11 is 0. The largest absolute Gasteiger partial charge is 0.464 e. The van der Waals surface area contributed by atoms with E-state index in [9.17, 15) is 40.7 Å². The number of esters is 1. The van der Waals surface area contributed by atoms with Gasteiger partial charge in [0.15, 0.2) is 0 Å². The smallest absolute Gasteiger partial charge is 0.416 e. The van der Waals surface area contributed by atoms with Crippen molar-refractivity contribution >= 4 is 28.3 Å². The van der Waals surface area contributed by atoms with Crippen LogP contribution in [0.25, 0.3) is 10.8 Å². The molecule has 0 saturated heterocycles. The molecule has 0 radical (unpaired) electrons. The van der Waals surface area contributed by atoms with Crippen LogP contribution >= 0.6 is 0 Å². The van der Waals surface area contributed by atoms with Gasteiger partial charge in [-0.1, -0.05) is 6.07 Å². The van der Waals surface area contributed by atoms with E-state index in [1.165, 1.54) is 42.0 Å². The van der Waals surface area contributed by atoms with Crippen molar-refractivity contribution in [3.63, 3.8) is 0 Å². The minimum Gasteiger partial charge on any atom is -0.464 e. The van der Waals surface area contributed by atoms with E-state index >= 15 is 0 Å². The van der Waals surface area contributed by atoms with Gasteiger partial charge in [-0.2, -0.15) is 26.3 Å². The number of alkyl halides is 6. The second-order valence-corrected chi connectivity index (χ2v) is 7.84. The Balaban J connectivity index is 1.79. The molecule has 2 aromatic carbocycles. The van der Waals surface area contributed by atoms with Crippen LogP contribution in [0.3, 0.4) is 0 Å². The topological polar surface area (TPSA) is 77.4 Å². The average Bonchev–Trinajstić information content (AvgIpc) is 2.78. The van der Waals surface area contributed by atoms with Crippen LogP contribution < -0.4 is 10.9 Å². The molecule has 0 saturated carbocycles. The Kier molecular flexibility index (Phi) is 7.75. The number of amides is 1. The van der Waals surface area contributed by atoms with E-state index in [2.05, 4.69) is 5.32 Å². The SMILES string of the molecule is CC(=O)OCCn1ccc2c(NC(=O)CCc3cc(C(F)(F)F)ccc3C(F)(F)F)cccc2c1=O. The van der Waals surface area contributed by atoms with Crippen LogP contribution in [0.2, 0.25) is 0 Å². The number of pyridine rings is 1. The first-order valence-corrected chi connectivity index (χ1v) is 10.6. The minimum absolute atomic E-state index is 0.0212. The molecule has 1 aromatic heterocycles. The molecule has 192 valence electrons. The highest BCUT2D eigenvalue weighted by Gasteiger charge is 2.36. The maximum Gasteiger partial charge on any atom is 0.416 e. The maximum absolute atomic E-state index is 13.3. The molecule has 0 aliphatic carbocycles. The van der Waals surface area contributed by atoms with Crippen molar-refractivity contribution < 1.29 is 40.7 Å². The number of anilines is 1. The monoisotopic (exact) mass is 514 g/mol. The molecule has 0 aliphatic rings. The van der Waals surface area contributed by atoms with Crippen LogP contribution in [0.1, 0.15) is 30.0 Å². The predicted octanol–water partition coefficient (Wildman–Crippen LogP) is 5.17. The standard InChI is InChI=1S/C24H20F6N2O4/c1-14(33)36-12-11-32-10-9-17-18(22(32)35)3-2-4-20(17)31-21(34)8-5-15-13-16(23(25,26)27)6-7-19(15)24(28,29)30/h2-4,6-7,9-10,13H,5,8,11-12H2,1H3,(H,31,34). The Hall–Kier alpha value is -3.83. The third-order valence-electron chi connectivity index (χ3n) is 5.29. The van der Waals surface area contributed by atoms with Gasteiger partial charge in [0.05, 0.1) is 17.7 Å². The molecule has 3 aromatic rings. The van der Waals surface area contributed by atoms with Gasteiger partial charge in [-0.3, -0.25) is 14.4 Å². The molecule has 1 heterocycles. The second kappa shape index (κ2) is 10.4. The zero-order chi connectivity index (χ0) is 26.7. The number of nitrogens with zero attached hydrogens (tertiary/aromatic N) is 1. The highest BCUT2D eigenvalue weighted by atomic mass is 19.4.